The van der Waals surface area contributed by atoms with Crippen LogP contribution in [0.25, 0.3) is 0 Å². The first-order chi connectivity index (χ1) is 11.0. The minimum absolute atomic E-state index is 0. The Labute approximate surface area is 164 Å². The summed E-state index contributed by atoms with van der Waals surface area (Å²) >= 11 is 0. The quantitative estimate of drug-likeness (QED) is 0.429. The maximum atomic E-state index is 5.29. The number of rotatable bonds is 5. The van der Waals surface area contributed by atoms with Gasteiger partial charge in [-0.1, -0.05) is 38.1 Å². The van der Waals surface area contributed by atoms with E-state index in [1.165, 1.54) is 17.5 Å². The number of hydrogen-bond acceptors (Lipinski definition) is 2. The Morgan fingerprint density at radius 1 is 1.38 bits per heavy atom. The molecule has 1 unspecified atom stereocenters. The lowest BCUT2D eigenvalue weighted by Crippen LogP contribution is -2.45. The molecule has 1 aliphatic rings. The van der Waals surface area contributed by atoms with E-state index in [1.54, 1.807) is 7.11 Å². The highest BCUT2D eigenvalue weighted by Gasteiger charge is 2.27. The highest BCUT2D eigenvalue weighted by Crippen LogP contribution is 2.25. The Kier molecular flexibility index (Phi) is 8.50. The summed E-state index contributed by atoms with van der Waals surface area (Å²) in [5, 5.41) is 3.58. The maximum absolute atomic E-state index is 5.29. The van der Waals surface area contributed by atoms with Crippen LogP contribution >= 0.6 is 24.0 Å². The summed E-state index contributed by atoms with van der Waals surface area (Å²) in [6, 6.07) is 8.63. The first kappa shape index (κ1) is 21.2. The molecule has 1 fully saturated rings. The number of nitrogens with zero attached hydrogens (tertiary/aromatic N) is 2. The van der Waals surface area contributed by atoms with Gasteiger partial charge in [-0.15, -0.1) is 24.0 Å². The van der Waals surface area contributed by atoms with Crippen molar-refractivity contribution in [2.24, 2.45) is 10.9 Å². The van der Waals surface area contributed by atoms with Crippen molar-refractivity contribution >= 4 is 29.9 Å². The Morgan fingerprint density at radius 3 is 2.71 bits per heavy atom. The lowest BCUT2D eigenvalue weighted by molar-refractivity contribution is 0.157. The molecule has 1 heterocycles. The van der Waals surface area contributed by atoms with Crippen molar-refractivity contribution in [1.82, 2.24) is 10.2 Å². The highest BCUT2D eigenvalue weighted by atomic mass is 127. The first-order valence-corrected chi connectivity index (χ1v) is 8.48. The van der Waals surface area contributed by atoms with Crippen LogP contribution in [0.2, 0.25) is 0 Å². The fourth-order valence-corrected chi connectivity index (χ4v) is 3.46. The van der Waals surface area contributed by atoms with Gasteiger partial charge in [0, 0.05) is 45.1 Å². The summed E-state index contributed by atoms with van der Waals surface area (Å²) in [7, 11) is 3.65. The third kappa shape index (κ3) is 5.34. The SMILES string of the molecule is CN=C(NCC(C)(C)c1ccccc1C)N1CCC(COC)C1.I. The summed E-state index contributed by atoms with van der Waals surface area (Å²) < 4.78 is 5.29. The topological polar surface area (TPSA) is 36.9 Å². The number of halogens is 1. The number of likely N-dealkylation sites (tertiary alicyclic amines) is 1. The number of hydrogen-bond donors (Lipinski definition) is 1. The summed E-state index contributed by atoms with van der Waals surface area (Å²) in [6.07, 6.45) is 1.18. The normalized spacial score (nSPS) is 18.5. The van der Waals surface area contributed by atoms with Gasteiger partial charge in [0.1, 0.15) is 0 Å². The van der Waals surface area contributed by atoms with Crippen LogP contribution in [0.3, 0.4) is 0 Å². The fraction of sp³-hybridized carbons (Fsp3) is 0.632. The van der Waals surface area contributed by atoms with E-state index in [0.29, 0.717) is 5.92 Å². The highest BCUT2D eigenvalue weighted by molar-refractivity contribution is 14.0. The van der Waals surface area contributed by atoms with Gasteiger partial charge in [-0.25, -0.2) is 0 Å². The van der Waals surface area contributed by atoms with Gasteiger partial charge in [-0.3, -0.25) is 4.99 Å². The number of benzene rings is 1. The summed E-state index contributed by atoms with van der Waals surface area (Å²) in [5.41, 5.74) is 2.80. The Bertz CT molecular complexity index is 545. The molecule has 0 aromatic heterocycles. The van der Waals surface area contributed by atoms with Gasteiger partial charge in [0.2, 0.25) is 0 Å². The van der Waals surface area contributed by atoms with Crippen molar-refractivity contribution < 1.29 is 4.74 Å². The molecule has 1 saturated heterocycles. The molecule has 1 N–H and O–H groups in total. The monoisotopic (exact) mass is 445 g/mol. The van der Waals surface area contributed by atoms with Crippen LogP contribution in [0.15, 0.2) is 29.3 Å². The molecule has 0 saturated carbocycles. The Hall–Kier alpha value is -0.820. The van der Waals surface area contributed by atoms with Crippen LogP contribution < -0.4 is 5.32 Å². The molecule has 0 radical (unpaired) electrons. The largest absolute Gasteiger partial charge is 0.384 e. The molecule has 1 aromatic rings. The van der Waals surface area contributed by atoms with Crippen molar-refractivity contribution in [3.63, 3.8) is 0 Å². The van der Waals surface area contributed by atoms with Crippen LogP contribution in [0.5, 0.6) is 0 Å². The van der Waals surface area contributed by atoms with Gasteiger partial charge >= 0.3 is 0 Å². The smallest absolute Gasteiger partial charge is 0.193 e. The average molecular weight is 445 g/mol. The van der Waals surface area contributed by atoms with Crippen molar-refractivity contribution in [2.75, 3.05) is 40.4 Å². The van der Waals surface area contributed by atoms with Gasteiger partial charge in [-0.05, 0) is 24.5 Å². The Morgan fingerprint density at radius 2 is 2.08 bits per heavy atom. The number of nitrogens with one attached hydrogen (secondary N) is 1. The first-order valence-electron chi connectivity index (χ1n) is 8.48. The van der Waals surface area contributed by atoms with E-state index in [0.717, 1.165) is 32.2 Å². The predicted octanol–water partition coefficient (Wildman–Crippen LogP) is 3.43. The lowest BCUT2D eigenvalue weighted by Gasteiger charge is -2.30. The van der Waals surface area contributed by atoms with Crippen LogP contribution in [0.1, 0.15) is 31.4 Å². The second-order valence-corrected chi connectivity index (χ2v) is 7.16. The summed E-state index contributed by atoms with van der Waals surface area (Å²) in [6.45, 7) is 10.5. The lowest BCUT2D eigenvalue weighted by atomic mass is 9.82. The third-order valence-electron chi connectivity index (χ3n) is 4.76. The molecule has 2 rings (SSSR count). The van der Waals surface area contributed by atoms with Gasteiger partial charge in [-0.2, -0.15) is 0 Å². The van der Waals surface area contributed by atoms with Crippen molar-refractivity contribution in [1.29, 1.82) is 0 Å². The number of aryl methyl sites for hydroxylation is 1. The van der Waals surface area contributed by atoms with Gasteiger partial charge < -0.3 is 15.0 Å². The minimum atomic E-state index is 0. The van der Waals surface area contributed by atoms with Crippen molar-refractivity contribution in [3.05, 3.63) is 35.4 Å². The molecule has 5 heteroatoms. The summed E-state index contributed by atoms with van der Waals surface area (Å²) in [4.78, 5) is 6.82. The zero-order valence-corrected chi connectivity index (χ0v) is 18.0. The van der Waals surface area contributed by atoms with E-state index in [4.69, 9.17) is 4.74 Å². The van der Waals surface area contributed by atoms with Crippen molar-refractivity contribution in [3.8, 4) is 0 Å². The molecule has 0 aliphatic carbocycles. The maximum Gasteiger partial charge on any atom is 0.193 e. The minimum Gasteiger partial charge on any atom is -0.384 e. The molecule has 0 bridgehead atoms. The van der Waals surface area contributed by atoms with E-state index >= 15 is 0 Å². The molecule has 24 heavy (non-hydrogen) atoms. The van der Waals surface area contributed by atoms with Gasteiger partial charge in [0.25, 0.3) is 0 Å². The van der Waals surface area contributed by atoms with E-state index in [-0.39, 0.29) is 29.4 Å². The molecule has 1 aromatic carbocycles. The molecule has 136 valence electrons. The van der Waals surface area contributed by atoms with Gasteiger partial charge in [0.05, 0.1) is 6.61 Å². The van der Waals surface area contributed by atoms with E-state index in [9.17, 15) is 0 Å². The molecule has 4 nitrogen and oxygen atoms in total. The molecule has 1 atom stereocenters. The molecular weight excluding hydrogens is 413 g/mol. The number of methoxy groups -OCH3 is 1. The van der Waals surface area contributed by atoms with E-state index < -0.39 is 0 Å². The van der Waals surface area contributed by atoms with Crippen LogP contribution in [0, 0.1) is 12.8 Å². The molecule has 1 aliphatic heterocycles. The van der Waals surface area contributed by atoms with Crippen molar-refractivity contribution in [2.45, 2.75) is 32.6 Å². The summed E-state index contributed by atoms with van der Waals surface area (Å²) in [5.74, 6) is 1.62. The van der Waals surface area contributed by atoms with Crippen LogP contribution in [0.4, 0.5) is 0 Å². The number of guanidine groups is 1. The second-order valence-electron chi connectivity index (χ2n) is 7.16. The standard InChI is InChI=1S/C19H31N3O.HI/c1-15-8-6-7-9-17(15)19(2,3)14-21-18(20-4)22-11-10-16(12-22)13-23-5;/h6-9,16H,10-14H2,1-5H3,(H,20,21);1H. The second kappa shape index (κ2) is 9.61. The molecular formula is C19H32IN3O. The molecule has 0 spiro atoms. The Balaban J connectivity index is 0.00000288. The fourth-order valence-electron chi connectivity index (χ4n) is 3.46. The van der Waals surface area contributed by atoms with E-state index in [2.05, 4.69) is 60.2 Å². The number of aliphatic imine (C=N–C) groups is 1. The van der Waals surface area contributed by atoms with E-state index in [1.807, 2.05) is 7.05 Å². The number of ether oxygens (including phenoxy) is 1. The zero-order chi connectivity index (χ0) is 16.9. The average Bonchev–Trinajstić information content (AvgIpc) is 2.97. The van der Waals surface area contributed by atoms with Crippen LogP contribution in [-0.4, -0.2) is 51.3 Å². The predicted molar refractivity (Wildman–Crippen MR) is 113 cm³/mol. The zero-order valence-electron chi connectivity index (χ0n) is 15.6. The molecule has 0 amide bonds. The third-order valence-corrected chi connectivity index (χ3v) is 4.76. The van der Waals surface area contributed by atoms with Crippen LogP contribution in [-0.2, 0) is 10.2 Å². The van der Waals surface area contributed by atoms with Gasteiger partial charge in [0.15, 0.2) is 5.96 Å².